The molecule has 0 unspecified atom stereocenters. The van der Waals surface area contributed by atoms with E-state index in [0.29, 0.717) is 0 Å². The Labute approximate surface area is 101 Å². The predicted octanol–water partition coefficient (Wildman–Crippen LogP) is 3.38. The normalized spacial score (nSPS) is 10.0. The number of nitrogen functional groups attached to an aromatic ring is 1. The Morgan fingerprint density at radius 1 is 0.941 bits per heavy atom. The maximum Gasteiger partial charge on any atom is 0.131 e. The van der Waals surface area contributed by atoms with E-state index in [1.165, 1.54) is 0 Å². The van der Waals surface area contributed by atoms with Crippen molar-refractivity contribution in [2.45, 2.75) is 6.92 Å². The standard InChI is InChI=1S/C14H15NO2/c1-10-8-13(6-7-14(10)15)17-12-5-3-4-11(9-12)16-2/h3-9H,15H2,1-2H3. The molecule has 0 bridgehead atoms. The van der Waals surface area contributed by atoms with Gasteiger partial charge in [0.1, 0.15) is 17.2 Å². The zero-order valence-corrected chi connectivity index (χ0v) is 9.94. The molecular formula is C14H15NO2. The van der Waals surface area contributed by atoms with Gasteiger partial charge in [0.2, 0.25) is 0 Å². The van der Waals surface area contributed by atoms with Crippen molar-refractivity contribution in [2.75, 3.05) is 12.8 Å². The lowest BCUT2D eigenvalue weighted by Crippen LogP contribution is -1.91. The largest absolute Gasteiger partial charge is 0.497 e. The number of anilines is 1. The molecule has 17 heavy (non-hydrogen) atoms. The first-order chi connectivity index (χ1) is 8.19. The van der Waals surface area contributed by atoms with E-state index in [2.05, 4.69) is 0 Å². The molecular weight excluding hydrogens is 214 g/mol. The highest BCUT2D eigenvalue weighted by atomic mass is 16.5. The molecule has 0 radical (unpaired) electrons. The zero-order chi connectivity index (χ0) is 12.3. The van der Waals surface area contributed by atoms with E-state index < -0.39 is 0 Å². The minimum atomic E-state index is 0.744. The summed E-state index contributed by atoms with van der Waals surface area (Å²) in [4.78, 5) is 0. The first-order valence-corrected chi connectivity index (χ1v) is 5.37. The Kier molecular flexibility index (Phi) is 3.19. The molecule has 3 nitrogen and oxygen atoms in total. The van der Waals surface area contributed by atoms with Crippen molar-refractivity contribution in [3.05, 3.63) is 48.0 Å². The maximum atomic E-state index is 5.75. The van der Waals surface area contributed by atoms with Crippen LogP contribution in [0.5, 0.6) is 17.2 Å². The zero-order valence-electron chi connectivity index (χ0n) is 9.94. The second-order valence-corrected chi connectivity index (χ2v) is 3.80. The molecule has 88 valence electrons. The minimum absolute atomic E-state index is 0.744. The highest BCUT2D eigenvalue weighted by Crippen LogP contribution is 2.27. The van der Waals surface area contributed by atoms with Crippen molar-refractivity contribution < 1.29 is 9.47 Å². The van der Waals surface area contributed by atoms with Gasteiger partial charge in [0.05, 0.1) is 7.11 Å². The highest BCUT2D eigenvalue weighted by Gasteiger charge is 2.01. The fourth-order valence-corrected chi connectivity index (χ4v) is 1.51. The van der Waals surface area contributed by atoms with Crippen LogP contribution in [-0.4, -0.2) is 7.11 Å². The smallest absolute Gasteiger partial charge is 0.131 e. The van der Waals surface area contributed by atoms with Crippen LogP contribution in [0.3, 0.4) is 0 Å². The molecule has 0 amide bonds. The number of ether oxygens (including phenoxy) is 2. The average molecular weight is 229 g/mol. The molecule has 0 saturated carbocycles. The second kappa shape index (κ2) is 4.78. The van der Waals surface area contributed by atoms with Crippen LogP contribution in [0.25, 0.3) is 0 Å². The van der Waals surface area contributed by atoms with Gasteiger partial charge in [0.25, 0.3) is 0 Å². The number of aryl methyl sites for hydroxylation is 1. The Morgan fingerprint density at radius 2 is 1.65 bits per heavy atom. The number of methoxy groups -OCH3 is 1. The summed E-state index contributed by atoms with van der Waals surface area (Å²) < 4.78 is 10.9. The summed E-state index contributed by atoms with van der Waals surface area (Å²) in [6.07, 6.45) is 0. The molecule has 0 aromatic heterocycles. The lowest BCUT2D eigenvalue weighted by molar-refractivity contribution is 0.409. The fraction of sp³-hybridized carbons (Fsp3) is 0.143. The average Bonchev–Trinajstić information content (AvgIpc) is 2.34. The van der Waals surface area contributed by atoms with Crippen molar-refractivity contribution in [2.24, 2.45) is 0 Å². The molecule has 0 aliphatic heterocycles. The Hall–Kier alpha value is -2.16. The molecule has 0 fully saturated rings. The van der Waals surface area contributed by atoms with E-state index in [4.69, 9.17) is 15.2 Å². The van der Waals surface area contributed by atoms with E-state index in [-0.39, 0.29) is 0 Å². The number of nitrogens with two attached hydrogens (primary N) is 1. The third-order valence-electron chi connectivity index (χ3n) is 2.52. The van der Waals surface area contributed by atoms with E-state index in [1.54, 1.807) is 7.11 Å². The van der Waals surface area contributed by atoms with Gasteiger partial charge in [0.15, 0.2) is 0 Å². The topological polar surface area (TPSA) is 44.5 Å². The summed E-state index contributed by atoms with van der Waals surface area (Å²) in [5.41, 5.74) is 7.52. The summed E-state index contributed by atoms with van der Waals surface area (Å²) in [6.45, 7) is 1.95. The lowest BCUT2D eigenvalue weighted by Gasteiger charge is -2.08. The maximum absolute atomic E-state index is 5.75. The van der Waals surface area contributed by atoms with E-state index in [0.717, 1.165) is 28.5 Å². The molecule has 3 heteroatoms. The molecule has 0 saturated heterocycles. The monoisotopic (exact) mass is 229 g/mol. The Balaban J connectivity index is 2.22. The van der Waals surface area contributed by atoms with E-state index in [9.17, 15) is 0 Å². The third-order valence-corrected chi connectivity index (χ3v) is 2.52. The first-order valence-electron chi connectivity index (χ1n) is 5.37. The van der Waals surface area contributed by atoms with Gasteiger partial charge in [0, 0.05) is 11.8 Å². The van der Waals surface area contributed by atoms with Gasteiger partial charge in [-0.3, -0.25) is 0 Å². The lowest BCUT2D eigenvalue weighted by atomic mass is 10.2. The van der Waals surface area contributed by atoms with Crippen LogP contribution in [0.1, 0.15) is 5.56 Å². The minimum Gasteiger partial charge on any atom is -0.497 e. The van der Waals surface area contributed by atoms with Gasteiger partial charge in [-0.05, 0) is 42.8 Å². The van der Waals surface area contributed by atoms with Crippen LogP contribution in [0.4, 0.5) is 5.69 Å². The van der Waals surface area contributed by atoms with Crippen molar-refractivity contribution in [1.82, 2.24) is 0 Å². The summed E-state index contributed by atoms with van der Waals surface area (Å²) in [7, 11) is 1.63. The third kappa shape index (κ3) is 2.69. The van der Waals surface area contributed by atoms with Crippen molar-refractivity contribution in [3.63, 3.8) is 0 Å². The number of hydrogen-bond acceptors (Lipinski definition) is 3. The fourth-order valence-electron chi connectivity index (χ4n) is 1.51. The SMILES string of the molecule is COc1cccc(Oc2ccc(N)c(C)c2)c1. The summed E-state index contributed by atoms with van der Waals surface area (Å²) in [5, 5.41) is 0. The number of benzene rings is 2. The second-order valence-electron chi connectivity index (χ2n) is 3.80. The van der Waals surface area contributed by atoms with Crippen LogP contribution >= 0.6 is 0 Å². The highest BCUT2D eigenvalue weighted by molar-refractivity contribution is 5.50. The van der Waals surface area contributed by atoms with Crippen molar-refractivity contribution in [3.8, 4) is 17.2 Å². The molecule has 2 rings (SSSR count). The number of hydrogen-bond donors (Lipinski definition) is 1. The van der Waals surface area contributed by atoms with Gasteiger partial charge in [-0.2, -0.15) is 0 Å². The molecule has 2 N–H and O–H groups in total. The van der Waals surface area contributed by atoms with Crippen LogP contribution < -0.4 is 15.2 Å². The van der Waals surface area contributed by atoms with Crippen LogP contribution in [-0.2, 0) is 0 Å². The van der Waals surface area contributed by atoms with Gasteiger partial charge in [-0.1, -0.05) is 6.07 Å². The van der Waals surface area contributed by atoms with E-state index >= 15 is 0 Å². The molecule has 2 aromatic rings. The van der Waals surface area contributed by atoms with Crippen molar-refractivity contribution >= 4 is 5.69 Å². The van der Waals surface area contributed by atoms with Crippen LogP contribution in [0, 0.1) is 6.92 Å². The summed E-state index contributed by atoms with van der Waals surface area (Å²) >= 11 is 0. The van der Waals surface area contributed by atoms with Gasteiger partial charge < -0.3 is 15.2 Å². The quantitative estimate of drug-likeness (QED) is 0.820. The molecule has 0 aliphatic rings. The summed E-state index contributed by atoms with van der Waals surface area (Å²) in [6, 6.07) is 13.1. The van der Waals surface area contributed by atoms with Gasteiger partial charge >= 0.3 is 0 Å². The van der Waals surface area contributed by atoms with E-state index in [1.807, 2.05) is 49.4 Å². The van der Waals surface area contributed by atoms with Crippen molar-refractivity contribution in [1.29, 1.82) is 0 Å². The predicted molar refractivity (Wildman–Crippen MR) is 68.7 cm³/mol. The molecule has 2 aromatic carbocycles. The Bertz CT molecular complexity index is 523. The van der Waals surface area contributed by atoms with Crippen LogP contribution in [0.15, 0.2) is 42.5 Å². The van der Waals surface area contributed by atoms with Crippen LogP contribution in [0.2, 0.25) is 0 Å². The Morgan fingerprint density at radius 3 is 2.35 bits per heavy atom. The number of rotatable bonds is 3. The molecule has 0 aliphatic carbocycles. The molecule has 0 spiro atoms. The first kappa shape index (κ1) is 11.3. The molecule has 0 atom stereocenters. The van der Waals surface area contributed by atoms with Gasteiger partial charge in [-0.25, -0.2) is 0 Å². The molecule has 0 heterocycles. The summed E-state index contributed by atoms with van der Waals surface area (Å²) in [5.74, 6) is 2.29. The van der Waals surface area contributed by atoms with Gasteiger partial charge in [-0.15, -0.1) is 0 Å².